The summed E-state index contributed by atoms with van der Waals surface area (Å²) in [6.45, 7) is 0.250. The van der Waals surface area contributed by atoms with Gasteiger partial charge in [-0.3, -0.25) is 4.79 Å². The number of methoxy groups -OCH3 is 1. The third-order valence-corrected chi connectivity index (χ3v) is 3.12. The maximum atomic E-state index is 12.0. The molecule has 0 bridgehead atoms. The van der Waals surface area contributed by atoms with Crippen LogP contribution < -0.4 is 10.1 Å². The molecule has 3 N–H and O–H groups in total. The predicted molar refractivity (Wildman–Crippen MR) is 79.2 cm³/mol. The number of aromatic hydroxyl groups is 1. The summed E-state index contributed by atoms with van der Waals surface area (Å²) < 4.78 is 5.04. The smallest absolute Gasteiger partial charge is 0.339 e. The zero-order chi connectivity index (χ0) is 16.1. The zero-order valence-electron chi connectivity index (χ0n) is 11.9. The molecule has 0 saturated carbocycles. The number of carbonyl (C=O) groups excluding carboxylic acids is 1. The maximum Gasteiger partial charge on any atom is 0.339 e. The molecule has 0 aromatic heterocycles. The van der Waals surface area contributed by atoms with Gasteiger partial charge in [-0.05, 0) is 29.8 Å². The van der Waals surface area contributed by atoms with Crippen molar-refractivity contribution in [2.75, 3.05) is 7.11 Å². The Labute approximate surface area is 127 Å². The third kappa shape index (κ3) is 3.35. The summed E-state index contributed by atoms with van der Waals surface area (Å²) in [7, 11) is 1.56. The minimum absolute atomic E-state index is 0.0755. The van der Waals surface area contributed by atoms with Gasteiger partial charge < -0.3 is 20.3 Å². The third-order valence-electron chi connectivity index (χ3n) is 3.12. The first-order valence-corrected chi connectivity index (χ1v) is 6.49. The SMILES string of the molecule is COc1ccc(CNC(=O)c2cccc(C(=O)O)c2O)cc1. The first-order chi connectivity index (χ1) is 10.5. The number of amides is 1. The lowest BCUT2D eigenvalue weighted by Gasteiger charge is -2.09. The molecule has 0 aliphatic rings. The van der Waals surface area contributed by atoms with Crippen molar-refractivity contribution < 1.29 is 24.5 Å². The monoisotopic (exact) mass is 301 g/mol. The molecule has 2 rings (SSSR count). The molecule has 0 heterocycles. The van der Waals surface area contributed by atoms with Gasteiger partial charge in [0.25, 0.3) is 5.91 Å². The van der Waals surface area contributed by atoms with Gasteiger partial charge in [0.2, 0.25) is 0 Å². The number of hydrogen-bond acceptors (Lipinski definition) is 4. The Morgan fingerprint density at radius 3 is 2.32 bits per heavy atom. The molecule has 6 nitrogen and oxygen atoms in total. The van der Waals surface area contributed by atoms with Crippen LogP contribution in [0.1, 0.15) is 26.3 Å². The summed E-state index contributed by atoms with van der Waals surface area (Å²) in [5.41, 5.74) is 0.466. The highest BCUT2D eigenvalue weighted by atomic mass is 16.5. The summed E-state index contributed by atoms with van der Waals surface area (Å²) >= 11 is 0. The minimum atomic E-state index is -1.29. The number of aromatic carboxylic acids is 1. The zero-order valence-corrected chi connectivity index (χ0v) is 11.9. The number of carbonyl (C=O) groups is 2. The summed E-state index contributed by atoms with van der Waals surface area (Å²) in [6.07, 6.45) is 0. The second kappa shape index (κ2) is 6.62. The van der Waals surface area contributed by atoms with Crippen LogP contribution in [0, 0.1) is 0 Å². The van der Waals surface area contributed by atoms with E-state index in [4.69, 9.17) is 9.84 Å². The second-order valence-electron chi connectivity index (χ2n) is 4.54. The van der Waals surface area contributed by atoms with Crippen LogP contribution in [0.15, 0.2) is 42.5 Å². The first kappa shape index (κ1) is 15.4. The largest absolute Gasteiger partial charge is 0.506 e. The van der Waals surface area contributed by atoms with Crippen molar-refractivity contribution in [3.05, 3.63) is 59.2 Å². The number of para-hydroxylation sites is 1. The van der Waals surface area contributed by atoms with Crippen LogP contribution >= 0.6 is 0 Å². The van der Waals surface area contributed by atoms with Gasteiger partial charge in [0.15, 0.2) is 0 Å². The van der Waals surface area contributed by atoms with Crippen LogP contribution in [-0.4, -0.2) is 29.2 Å². The number of benzene rings is 2. The molecular formula is C16H15NO5. The Morgan fingerprint density at radius 2 is 1.73 bits per heavy atom. The maximum absolute atomic E-state index is 12.0. The lowest BCUT2D eigenvalue weighted by atomic mass is 10.1. The topological polar surface area (TPSA) is 95.9 Å². The van der Waals surface area contributed by atoms with Gasteiger partial charge in [-0.25, -0.2) is 4.79 Å². The van der Waals surface area contributed by atoms with Gasteiger partial charge in [0, 0.05) is 6.54 Å². The molecule has 2 aromatic carbocycles. The van der Waals surface area contributed by atoms with Crippen LogP contribution in [0.2, 0.25) is 0 Å². The van der Waals surface area contributed by atoms with E-state index in [0.717, 1.165) is 5.56 Å². The summed E-state index contributed by atoms with van der Waals surface area (Å²) in [6, 6.07) is 11.1. The van der Waals surface area contributed by atoms with E-state index in [1.807, 2.05) is 0 Å². The van der Waals surface area contributed by atoms with E-state index >= 15 is 0 Å². The molecular weight excluding hydrogens is 286 g/mol. The number of carboxylic acids is 1. The quantitative estimate of drug-likeness (QED) is 0.785. The molecule has 0 saturated heterocycles. The summed E-state index contributed by atoms with van der Waals surface area (Å²) in [5, 5.41) is 21.4. The first-order valence-electron chi connectivity index (χ1n) is 6.49. The molecule has 2 aromatic rings. The number of carboxylic acid groups (broad SMARTS) is 1. The molecule has 6 heteroatoms. The fraction of sp³-hybridized carbons (Fsp3) is 0.125. The Hall–Kier alpha value is -3.02. The molecule has 0 fully saturated rings. The van der Waals surface area contributed by atoms with Gasteiger partial charge in [0.05, 0.1) is 12.7 Å². The second-order valence-corrected chi connectivity index (χ2v) is 4.54. The van der Waals surface area contributed by atoms with Gasteiger partial charge in [-0.15, -0.1) is 0 Å². The standard InChI is InChI=1S/C16H15NO5/c1-22-11-7-5-10(6-8-11)9-17-15(19)12-3-2-4-13(14(12)18)16(20)21/h2-8,18H,9H2,1H3,(H,17,19)(H,20,21). The summed E-state index contributed by atoms with van der Waals surface area (Å²) in [5.74, 6) is -1.66. The van der Waals surface area contributed by atoms with Gasteiger partial charge >= 0.3 is 5.97 Å². The van der Waals surface area contributed by atoms with Crippen LogP contribution in [-0.2, 0) is 6.54 Å². The number of ether oxygens (including phenoxy) is 1. The number of nitrogens with one attached hydrogen (secondary N) is 1. The summed E-state index contributed by atoms with van der Waals surface area (Å²) in [4.78, 5) is 23.0. The molecule has 0 radical (unpaired) electrons. The van der Waals surface area contributed by atoms with Crippen molar-refractivity contribution in [2.45, 2.75) is 6.54 Å². The van der Waals surface area contributed by atoms with Crippen molar-refractivity contribution >= 4 is 11.9 Å². The fourth-order valence-corrected chi connectivity index (χ4v) is 1.92. The van der Waals surface area contributed by atoms with E-state index in [9.17, 15) is 14.7 Å². The Kier molecular flexibility index (Phi) is 4.63. The van der Waals surface area contributed by atoms with E-state index in [1.54, 1.807) is 31.4 Å². The molecule has 0 spiro atoms. The number of phenols is 1. The van der Waals surface area contributed by atoms with E-state index in [-0.39, 0.29) is 17.7 Å². The number of rotatable bonds is 5. The van der Waals surface area contributed by atoms with Crippen LogP contribution in [0.3, 0.4) is 0 Å². The Balaban J connectivity index is 2.09. The van der Waals surface area contributed by atoms with Crippen molar-refractivity contribution in [3.63, 3.8) is 0 Å². The van der Waals surface area contributed by atoms with E-state index in [2.05, 4.69) is 5.32 Å². The van der Waals surface area contributed by atoms with E-state index < -0.39 is 17.6 Å². The van der Waals surface area contributed by atoms with Gasteiger partial charge in [-0.2, -0.15) is 0 Å². The lowest BCUT2D eigenvalue weighted by molar-refractivity contribution is 0.0693. The highest BCUT2D eigenvalue weighted by molar-refractivity contribution is 6.01. The fourth-order valence-electron chi connectivity index (χ4n) is 1.92. The van der Waals surface area contributed by atoms with E-state index in [0.29, 0.717) is 5.75 Å². The average Bonchev–Trinajstić information content (AvgIpc) is 2.53. The molecule has 0 unspecified atom stereocenters. The molecule has 0 aliphatic carbocycles. The molecule has 22 heavy (non-hydrogen) atoms. The van der Waals surface area contributed by atoms with Crippen LogP contribution in [0.25, 0.3) is 0 Å². The molecule has 0 aliphatic heterocycles. The van der Waals surface area contributed by atoms with Crippen LogP contribution in [0.4, 0.5) is 0 Å². The molecule has 114 valence electrons. The molecule has 1 amide bonds. The van der Waals surface area contributed by atoms with Crippen LogP contribution in [0.5, 0.6) is 11.5 Å². The Morgan fingerprint density at radius 1 is 1.09 bits per heavy atom. The number of hydrogen-bond donors (Lipinski definition) is 3. The van der Waals surface area contributed by atoms with Crippen molar-refractivity contribution in [2.24, 2.45) is 0 Å². The molecule has 0 atom stereocenters. The van der Waals surface area contributed by atoms with Gasteiger partial charge in [0.1, 0.15) is 17.1 Å². The normalized spacial score (nSPS) is 10.0. The van der Waals surface area contributed by atoms with Crippen molar-refractivity contribution in [1.29, 1.82) is 0 Å². The Bertz CT molecular complexity index is 694. The minimum Gasteiger partial charge on any atom is -0.506 e. The predicted octanol–water partition coefficient (Wildman–Crippen LogP) is 2.03. The van der Waals surface area contributed by atoms with Gasteiger partial charge in [-0.1, -0.05) is 18.2 Å². The lowest BCUT2D eigenvalue weighted by Crippen LogP contribution is -2.23. The highest BCUT2D eigenvalue weighted by Gasteiger charge is 2.17. The van der Waals surface area contributed by atoms with Crippen molar-refractivity contribution in [1.82, 2.24) is 5.32 Å². The van der Waals surface area contributed by atoms with E-state index in [1.165, 1.54) is 18.2 Å². The highest BCUT2D eigenvalue weighted by Crippen LogP contribution is 2.22. The average molecular weight is 301 g/mol. The van der Waals surface area contributed by atoms with Crippen molar-refractivity contribution in [3.8, 4) is 11.5 Å².